The lowest BCUT2D eigenvalue weighted by Gasteiger charge is -2.08. The Hall–Kier alpha value is -2.43. The number of pyridine rings is 1. The fourth-order valence-electron chi connectivity index (χ4n) is 1.49. The van der Waals surface area contributed by atoms with Crippen molar-refractivity contribution in [1.29, 1.82) is 0 Å². The van der Waals surface area contributed by atoms with E-state index in [0.29, 0.717) is 5.69 Å². The molecule has 0 saturated heterocycles. The predicted octanol–water partition coefficient (Wildman–Crippen LogP) is 2.49. The summed E-state index contributed by atoms with van der Waals surface area (Å²) in [5.41, 5.74) is 1.24. The van der Waals surface area contributed by atoms with Gasteiger partial charge in [-0.3, -0.25) is 9.78 Å². The van der Waals surface area contributed by atoms with Crippen molar-refractivity contribution < 1.29 is 14.3 Å². The summed E-state index contributed by atoms with van der Waals surface area (Å²) >= 11 is 0. The van der Waals surface area contributed by atoms with Crippen molar-refractivity contribution in [3.8, 4) is 5.75 Å². The van der Waals surface area contributed by atoms with Gasteiger partial charge in [-0.2, -0.15) is 0 Å². The summed E-state index contributed by atoms with van der Waals surface area (Å²) in [5.74, 6) is -1.41. The van der Waals surface area contributed by atoms with Crippen molar-refractivity contribution in [3.63, 3.8) is 0 Å². The van der Waals surface area contributed by atoms with Gasteiger partial charge in [-0.15, -0.1) is 0 Å². The highest BCUT2D eigenvalue weighted by atomic mass is 19.1. The van der Waals surface area contributed by atoms with Crippen LogP contribution >= 0.6 is 0 Å². The van der Waals surface area contributed by atoms with E-state index >= 15 is 0 Å². The van der Waals surface area contributed by atoms with Gasteiger partial charge in [0.15, 0.2) is 0 Å². The van der Waals surface area contributed by atoms with Gasteiger partial charge in [-0.25, -0.2) is 4.39 Å². The molecule has 2 rings (SSSR count). The van der Waals surface area contributed by atoms with Crippen LogP contribution in [0.2, 0.25) is 0 Å². The minimum atomic E-state index is -0.579. The number of phenols is 1. The number of nitrogens with zero attached hydrogens (tertiary/aromatic N) is 1. The van der Waals surface area contributed by atoms with Gasteiger partial charge in [0.2, 0.25) is 0 Å². The van der Waals surface area contributed by atoms with E-state index in [2.05, 4.69) is 10.3 Å². The van der Waals surface area contributed by atoms with Crippen LogP contribution in [0.4, 0.5) is 10.1 Å². The normalized spacial score (nSPS) is 10.1. The van der Waals surface area contributed by atoms with Crippen molar-refractivity contribution in [2.24, 2.45) is 0 Å². The molecule has 18 heavy (non-hydrogen) atoms. The minimum absolute atomic E-state index is 0.105. The highest BCUT2D eigenvalue weighted by Gasteiger charge is 2.13. The van der Waals surface area contributed by atoms with Crippen molar-refractivity contribution in [1.82, 2.24) is 4.98 Å². The smallest absolute Gasteiger partial charge is 0.259 e. The third-order valence-electron chi connectivity index (χ3n) is 2.47. The lowest BCUT2D eigenvalue weighted by Crippen LogP contribution is -2.13. The molecular weight excluding hydrogens is 235 g/mol. The van der Waals surface area contributed by atoms with Crippen LogP contribution in [-0.4, -0.2) is 16.0 Å². The van der Waals surface area contributed by atoms with E-state index in [-0.39, 0.29) is 11.3 Å². The van der Waals surface area contributed by atoms with Crippen LogP contribution in [0.1, 0.15) is 15.9 Å². The average molecular weight is 246 g/mol. The van der Waals surface area contributed by atoms with Gasteiger partial charge in [0, 0.05) is 18.1 Å². The summed E-state index contributed by atoms with van der Waals surface area (Å²) in [6.45, 7) is 1.79. The van der Waals surface area contributed by atoms with E-state index in [1.165, 1.54) is 6.20 Å². The van der Waals surface area contributed by atoms with Gasteiger partial charge >= 0.3 is 0 Å². The number of phenolic OH excluding ortho intramolecular Hbond substituents is 1. The molecular formula is C13H11FN2O2. The molecule has 1 aromatic heterocycles. The standard InChI is InChI=1S/C13H11FN2O2/c1-8-7-15-5-4-11(8)16-13(18)10-6-9(14)2-3-12(10)17/h2-7,17H,1H3,(H,15,16,18). The molecule has 92 valence electrons. The molecule has 0 bridgehead atoms. The lowest BCUT2D eigenvalue weighted by atomic mass is 10.1. The highest BCUT2D eigenvalue weighted by Crippen LogP contribution is 2.20. The fraction of sp³-hybridized carbons (Fsp3) is 0.0769. The van der Waals surface area contributed by atoms with Gasteiger partial charge in [0.25, 0.3) is 5.91 Å². The number of nitrogens with one attached hydrogen (secondary N) is 1. The van der Waals surface area contributed by atoms with E-state index in [0.717, 1.165) is 23.8 Å². The first-order valence-corrected chi connectivity index (χ1v) is 5.28. The zero-order valence-corrected chi connectivity index (χ0v) is 9.64. The average Bonchev–Trinajstić information content (AvgIpc) is 2.35. The maximum absolute atomic E-state index is 13.0. The number of benzene rings is 1. The van der Waals surface area contributed by atoms with Crippen molar-refractivity contribution in [2.75, 3.05) is 5.32 Å². The second-order valence-corrected chi connectivity index (χ2v) is 3.81. The summed E-state index contributed by atoms with van der Waals surface area (Å²) in [6.07, 6.45) is 3.13. The lowest BCUT2D eigenvalue weighted by molar-refractivity contribution is 0.102. The Morgan fingerprint density at radius 2 is 2.17 bits per heavy atom. The molecule has 1 amide bonds. The number of hydrogen-bond donors (Lipinski definition) is 2. The van der Waals surface area contributed by atoms with Crippen LogP contribution in [0.5, 0.6) is 5.75 Å². The van der Waals surface area contributed by atoms with E-state index in [1.807, 2.05) is 0 Å². The minimum Gasteiger partial charge on any atom is -0.507 e. The number of aromatic nitrogens is 1. The van der Waals surface area contributed by atoms with Crippen molar-refractivity contribution >= 4 is 11.6 Å². The molecule has 0 fully saturated rings. The molecule has 1 heterocycles. The molecule has 0 spiro atoms. The quantitative estimate of drug-likeness (QED) is 0.855. The van der Waals surface area contributed by atoms with E-state index < -0.39 is 11.7 Å². The number of carbonyl (C=O) groups is 1. The second-order valence-electron chi connectivity index (χ2n) is 3.81. The van der Waals surface area contributed by atoms with Crippen LogP contribution in [-0.2, 0) is 0 Å². The Morgan fingerprint density at radius 1 is 1.39 bits per heavy atom. The summed E-state index contributed by atoms with van der Waals surface area (Å²) in [4.78, 5) is 15.8. The number of rotatable bonds is 2. The monoisotopic (exact) mass is 246 g/mol. The van der Waals surface area contributed by atoms with Gasteiger partial charge in [0.05, 0.1) is 5.56 Å². The molecule has 0 unspecified atom stereocenters. The predicted molar refractivity (Wildman–Crippen MR) is 65.0 cm³/mol. The van der Waals surface area contributed by atoms with Crippen LogP contribution in [0.15, 0.2) is 36.7 Å². The van der Waals surface area contributed by atoms with Gasteiger partial charge < -0.3 is 10.4 Å². The van der Waals surface area contributed by atoms with E-state index in [9.17, 15) is 14.3 Å². The third kappa shape index (κ3) is 2.45. The van der Waals surface area contributed by atoms with Crippen LogP contribution in [0.25, 0.3) is 0 Å². The number of aromatic hydroxyl groups is 1. The van der Waals surface area contributed by atoms with Crippen LogP contribution < -0.4 is 5.32 Å². The second kappa shape index (κ2) is 4.83. The van der Waals surface area contributed by atoms with Crippen molar-refractivity contribution in [2.45, 2.75) is 6.92 Å². The van der Waals surface area contributed by atoms with E-state index in [1.54, 1.807) is 19.2 Å². The Balaban J connectivity index is 2.28. The first-order chi connectivity index (χ1) is 8.58. The maximum atomic E-state index is 13.0. The zero-order chi connectivity index (χ0) is 13.1. The number of carbonyl (C=O) groups excluding carboxylic acids is 1. The van der Waals surface area contributed by atoms with E-state index in [4.69, 9.17) is 0 Å². The fourth-order valence-corrected chi connectivity index (χ4v) is 1.49. The maximum Gasteiger partial charge on any atom is 0.259 e. The molecule has 0 aliphatic carbocycles. The number of anilines is 1. The number of hydrogen-bond acceptors (Lipinski definition) is 3. The zero-order valence-electron chi connectivity index (χ0n) is 9.64. The van der Waals surface area contributed by atoms with Gasteiger partial charge in [0.1, 0.15) is 11.6 Å². The molecule has 2 aromatic rings. The number of amides is 1. The Labute approximate surface area is 103 Å². The molecule has 0 aliphatic heterocycles. The molecule has 0 radical (unpaired) electrons. The van der Waals surface area contributed by atoms with Crippen molar-refractivity contribution in [3.05, 3.63) is 53.6 Å². The molecule has 5 heteroatoms. The molecule has 2 N–H and O–H groups in total. The summed E-state index contributed by atoms with van der Waals surface area (Å²) in [7, 11) is 0. The van der Waals surface area contributed by atoms with Gasteiger partial charge in [-0.1, -0.05) is 0 Å². The molecule has 0 aliphatic rings. The summed E-state index contributed by atoms with van der Waals surface area (Å²) in [5, 5.41) is 12.1. The molecule has 1 aromatic carbocycles. The Morgan fingerprint density at radius 3 is 2.89 bits per heavy atom. The highest BCUT2D eigenvalue weighted by molar-refractivity contribution is 6.06. The first kappa shape index (κ1) is 12.0. The number of halogens is 1. The van der Waals surface area contributed by atoms with Gasteiger partial charge in [-0.05, 0) is 36.8 Å². The number of aryl methyl sites for hydroxylation is 1. The Bertz CT molecular complexity index is 599. The van der Waals surface area contributed by atoms with Crippen LogP contribution in [0, 0.1) is 12.7 Å². The summed E-state index contributed by atoms with van der Waals surface area (Å²) < 4.78 is 13.0. The third-order valence-corrected chi connectivity index (χ3v) is 2.47. The Kier molecular flexibility index (Phi) is 3.23. The molecule has 4 nitrogen and oxygen atoms in total. The first-order valence-electron chi connectivity index (χ1n) is 5.28. The van der Waals surface area contributed by atoms with Crippen LogP contribution in [0.3, 0.4) is 0 Å². The largest absolute Gasteiger partial charge is 0.507 e. The molecule has 0 atom stereocenters. The summed E-state index contributed by atoms with van der Waals surface area (Å²) in [6, 6.07) is 4.85. The molecule has 0 saturated carbocycles. The SMILES string of the molecule is Cc1cnccc1NC(=O)c1cc(F)ccc1O. The topological polar surface area (TPSA) is 62.2 Å².